The van der Waals surface area contributed by atoms with E-state index in [9.17, 15) is 18.4 Å². The van der Waals surface area contributed by atoms with E-state index in [1.54, 1.807) is 19.1 Å². The fraction of sp³-hybridized carbons (Fsp3) is 0.381. The second-order valence-electron chi connectivity index (χ2n) is 6.99. The monoisotopic (exact) mass is 422 g/mol. The third kappa shape index (κ3) is 6.77. The van der Waals surface area contributed by atoms with Gasteiger partial charge in [0.15, 0.2) is 0 Å². The zero-order valence-electron chi connectivity index (χ0n) is 16.8. The highest BCUT2D eigenvalue weighted by molar-refractivity contribution is 5.87. The van der Waals surface area contributed by atoms with Gasteiger partial charge in [-0.3, -0.25) is 9.78 Å². The molecule has 0 saturated heterocycles. The Morgan fingerprint density at radius 2 is 1.80 bits per heavy atom. The summed E-state index contributed by atoms with van der Waals surface area (Å²) in [6.07, 6.45) is 0.524. The number of carbonyl (C=O) groups excluding carboxylic acids is 1. The first-order valence-electron chi connectivity index (χ1n) is 9.32. The van der Waals surface area contributed by atoms with Crippen LogP contribution in [0.1, 0.15) is 48.4 Å². The minimum absolute atomic E-state index is 0.0393. The van der Waals surface area contributed by atoms with E-state index in [2.05, 4.69) is 15.0 Å². The summed E-state index contributed by atoms with van der Waals surface area (Å²) in [5.74, 6) is -1.57. The number of amides is 1. The molecular weight excluding hydrogens is 398 g/mol. The van der Waals surface area contributed by atoms with Gasteiger partial charge in [0.05, 0.1) is 23.9 Å². The Morgan fingerprint density at radius 1 is 1.13 bits per heavy atom. The van der Waals surface area contributed by atoms with Crippen LogP contribution in [0.3, 0.4) is 0 Å². The number of rotatable bonds is 10. The van der Waals surface area contributed by atoms with Crippen molar-refractivity contribution in [2.45, 2.75) is 46.1 Å². The fourth-order valence-electron chi connectivity index (χ4n) is 2.75. The molecule has 1 unspecified atom stereocenters. The Kier molecular flexibility index (Phi) is 8.23. The minimum atomic E-state index is -2.94. The van der Waals surface area contributed by atoms with Crippen molar-refractivity contribution in [1.29, 1.82) is 0 Å². The van der Waals surface area contributed by atoms with Gasteiger partial charge >= 0.3 is 12.6 Å². The molecule has 0 saturated carbocycles. The first-order valence-corrected chi connectivity index (χ1v) is 9.32. The maximum atomic E-state index is 12.7. The number of benzene rings is 1. The molecule has 0 radical (unpaired) electrons. The lowest BCUT2D eigenvalue weighted by Gasteiger charge is -2.23. The quantitative estimate of drug-likeness (QED) is 0.604. The largest absolute Gasteiger partial charge is 0.478 e. The van der Waals surface area contributed by atoms with Gasteiger partial charge in [0, 0.05) is 12.3 Å². The van der Waals surface area contributed by atoms with Crippen molar-refractivity contribution < 1.29 is 33.0 Å². The number of hydrogen-bond acceptors (Lipinski definition) is 5. The molecule has 162 valence electrons. The molecule has 30 heavy (non-hydrogen) atoms. The Hall–Kier alpha value is -3.07. The number of nitrogens with one attached hydrogen (secondary N) is 1. The molecular formula is C21H24F2N2O5. The number of ether oxygens (including phenoxy) is 2. The van der Waals surface area contributed by atoms with Gasteiger partial charge in [0.1, 0.15) is 11.9 Å². The Morgan fingerprint density at radius 3 is 2.37 bits per heavy atom. The molecule has 0 fully saturated rings. The maximum Gasteiger partial charge on any atom is 0.387 e. The zero-order chi connectivity index (χ0) is 22.3. The fourth-order valence-corrected chi connectivity index (χ4v) is 2.75. The van der Waals surface area contributed by atoms with Crippen molar-refractivity contribution in [3.8, 4) is 5.75 Å². The predicted molar refractivity (Wildman–Crippen MR) is 104 cm³/mol. The van der Waals surface area contributed by atoms with Crippen LogP contribution in [-0.2, 0) is 16.1 Å². The molecule has 9 heteroatoms. The molecule has 2 N–H and O–H groups in total. The van der Waals surface area contributed by atoms with Gasteiger partial charge in [0.2, 0.25) is 5.91 Å². The van der Waals surface area contributed by atoms with Crippen LogP contribution >= 0.6 is 0 Å². The van der Waals surface area contributed by atoms with Crippen LogP contribution in [0.2, 0.25) is 0 Å². The highest BCUT2D eigenvalue weighted by atomic mass is 19.3. The number of pyridine rings is 1. The van der Waals surface area contributed by atoms with Crippen LogP contribution in [-0.4, -0.2) is 34.7 Å². The molecule has 7 nitrogen and oxygen atoms in total. The number of aromatic carboxylic acids is 1. The number of carboxylic acid groups (broad SMARTS) is 1. The number of aromatic nitrogens is 1. The van der Waals surface area contributed by atoms with E-state index < -0.39 is 18.7 Å². The van der Waals surface area contributed by atoms with Gasteiger partial charge in [-0.1, -0.05) is 26.0 Å². The predicted octanol–water partition coefficient (Wildman–Crippen LogP) is 3.80. The number of alkyl halides is 2. The number of carbonyl (C=O) groups is 2. The van der Waals surface area contributed by atoms with Gasteiger partial charge in [-0.05, 0) is 36.6 Å². The second kappa shape index (κ2) is 10.6. The van der Waals surface area contributed by atoms with Gasteiger partial charge < -0.3 is 19.9 Å². The molecule has 2 rings (SSSR count). The second-order valence-corrected chi connectivity index (χ2v) is 6.99. The minimum Gasteiger partial charge on any atom is -0.478 e. The average Bonchev–Trinajstić information content (AvgIpc) is 2.67. The van der Waals surface area contributed by atoms with E-state index in [4.69, 9.17) is 9.84 Å². The van der Waals surface area contributed by atoms with Gasteiger partial charge in [0.25, 0.3) is 0 Å². The Bertz CT molecular complexity index is 859. The lowest BCUT2D eigenvalue weighted by molar-refractivity contribution is -0.137. The molecule has 0 aliphatic carbocycles. The number of carboxylic acids is 1. The average molecular weight is 422 g/mol. The lowest BCUT2D eigenvalue weighted by Crippen LogP contribution is -2.40. The van der Waals surface area contributed by atoms with Crippen LogP contribution in [0.15, 0.2) is 42.6 Å². The zero-order valence-corrected chi connectivity index (χ0v) is 16.8. The molecule has 2 aromatic rings. The van der Waals surface area contributed by atoms with Gasteiger partial charge in [-0.25, -0.2) is 4.79 Å². The van der Waals surface area contributed by atoms with Crippen molar-refractivity contribution in [2.24, 2.45) is 5.92 Å². The number of nitrogens with zero attached hydrogens (tertiary/aromatic N) is 1. The lowest BCUT2D eigenvalue weighted by atomic mass is 10.0. The SMILES string of the molecule is CC(C)C(OCc1cc(OC(F)F)ccn1)C(=O)N[C@@H](C)c1ccc(C(=O)O)cc1. The molecule has 0 spiro atoms. The maximum absolute atomic E-state index is 12.7. The Balaban J connectivity index is 1.99. The van der Waals surface area contributed by atoms with E-state index in [-0.39, 0.29) is 35.8 Å². The highest BCUT2D eigenvalue weighted by Crippen LogP contribution is 2.18. The normalized spacial score (nSPS) is 13.2. The van der Waals surface area contributed by atoms with Crippen molar-refractivity contribution in [1.82, 2.24) is 10.3 Å². The summed E-state index contributed by atoms with van der Waals surface area (Å²) in [5, 5.41) is 11.8. The van der Waals surface area contributed by atoms with Crippen LogP contribution in [0.5, 0.6) is 5.75 Å². The van der Waals surface area contributed by atoms with E-state index in [1.165, 1.54) is 30.5 Å². The standard InChI is InChI=1S/C21H24F2N2O5/c1-12(2)18(29-11-16-10-17(8-9-24-16)30-21(22)23)19(26)25-13(3)14-4-6-15(7-5-14)20(27)28/h4-10,12-13,18,21H,11H2,1-3H3,(H,25,26)(H,27,28)/t13-,18?/m0/s1. The topological polar surface area (TPSA) is 97.8 Å². The van der Waals surface area contributed by atoms with E-state index in [1.807, 2.05) is 13.8 Å². The molecule has 0 aliphatic heterocycles. The van der Waals surface area contributed by atoms with Gasteiger partial charge in [-0.2, -0.15) is 8.78 Å². The summed E-state index contributed by atoms with van der Waals surface area (Å²) in [6, 6.07) is 8.48. The first kappa shape index (κ1) is 23.2. The van der Waals surface area contributed by atoms with Crippen molar-refractivity contribution in [3.05, 3.63) is 59.4 Å². The Labute approximate surface area is 173 Å². The summed E-state index contributed by atoms with van der Waals surface area (Å²) in [5.41, 5.74) is 1.25. The summed E-state index contributed by atoms with van der Waals surface area (Å²) >= 11 is 0. The molecule has 1 aromatic heterocycles. The summed E-state index contributed by atoms with van der Waals surface area (Å²) in [7, 11) is 0. The van der Waals surface area contributed by atoms with E-state index in [0.29, 0.717) is 5.69 Å². The van der Waals surface area contributed by atoms with E-state index in [0.717, 1.165) is 5.56 Å². The summed E-state index contributed by atoms with van der Waals surface area (Å²) in [4.78, 5) is 27.7. The number of halogens is 2. The van der Waals surface area contributed by atoms with Gasteiger partial charge in [-0.15, -0.1) is 0 Å². The smallest absolute Gasteiger partial charge is 0.387 e. The van der Waals surface area contributed by atoms with Crippen molar-refractivity contribution in [3.63, 3.8) is 0 Å². The third-order valence-electron chi connectivity index (χ3n) is 4.30. The highest BCUT2D eigenvalue weighted by Gasteiger charge is 2.25. The molecule has 1 heterocycles. The molecule has 1 amide bonds. The molecule has 0 bridgehead atoms. The van der Waals surface area contributed by atoms with Crippen LogP contribution in [0, 0.1) is 5.92 Å². The van der Waals surface area contributed by atoms with E-state index >= 15 is 0 Å². The molecule has 1 aromatic carbocycles. The van der Waals surface area contributed by atoms with Crippen LogP contribution in [0.25, 0.3) is 0 Å². The molecule has 0 aliphatic rings. The third-order valence-corrected chi connectivity index (χ3v) is 4.30. The first-order chi connectivity index (χ1) is 14.2. The van der Waals surface area contributed by atoms with Crippen LogP contribution < -0.4 is 10.1 Å². The number of hydrogen-bond donors (Lipinski definition) is 2. The summed E-state index contributed by atoms with van der Waals surface area (Å²) in [6.45, 7) is 2.41. The molecule has 2 atom stereocenters. The summed E-state index contributed by atoms with van der Waals surface area (Å²) < 4.78 is 34.7. The van der Waals surface area contributed by atoms with Crippen molar-refractivity contribution in [2.75, 3.05) is 0 Å². The van der Waals surface area contributed by atoms with Crippen LogP contribution in [0.4, 0.5) is 8.78 Å². The van der Waals surface area contributed by atoms with Crippen molar-refractivity contribution >= 4 is 11.9 Å².